The number of pyridine rings is 1. The molecule has 0 saturated carbocycles. The van der Waals surface area contributed by atoms with Crippen LogP contribution in [0.4, 0.5) is 4.79 Å². The Morgan fingerprint density at radius 1 is 1.24 bits per heavy atom. The molecule has 0 bridgehead atoms. The van der Waals surface area contributed by atoms with Crippen molar-refractivity contribution >= 4 is 34.9 Å². The number of imide groups is 1. The number of hydrogen-bond donors (Lipinski definition) is 1. The van der Waals surface area contributed by atoms with E-state index in [1.807, 2.05) is 30.3 Å². The van der Waals surface area contributed by atoms with Crippen LogP contribution in [0, 0.1) is 0 Å². The molecule has 29 heavy (non-hydrogen) atoms. The van der Waals surface area contributed by atoms with Crippen molar-refractivity contribution in [1.82, 2.24) is 15.2 Å². The highest BCUT2D eigenvalue weighted by Crippen LogP contribution is 2.31. The van der Waals surface area contributed by atoms with Crippen molar-refractivity contribution in [2.24, 2.45) is 0 Å². The molecule has 3 rings (SSSR count). The van der Waals surface area contributed by atoms with Gasteiger partial charge in [-0.1, -0.05) is 24.3 Å². The molecule has 0 unspecified atom stereocenters. The van der Waals surface area contributed by atoms with Crippen molar-refractivity contribution in [3.05, 3.63) is 64.8 Å². The van der Waals surface area contributed by atoms with Gasteiger partial charge in [-0.2, -0.15) is 0 Å². The van der Waals surface area contributed by atoms with E-state index in [1.54, 1.807) is 31.6 Å². The highest BCUT2D eigenvalue weighted by molar-refractivity contribution is 8.18. The van der Waals surface area contributed by atoms with Gasteiger partial charge in [0.2, 0.25) is 5.91 Å². The first-order valence-electron chi connectivity index (χ1n) is 9.12. The summed E-state index contributed by atoms with van der Waals surface area (Å²) in [6.07, 6.45) is 5.74. The maximum Gasteiger partial charge on any atom is 0.293 e. The fourth-order valence-electron chi connectivity index (χ4n) is 2.86. The first-order chi connectivity index (χ1) is 14.1. The number of benzene rings is 1. The number of aromatic nitrogens is 1. The minimum absolute atomic E-state index is 0.134. The van der Waals surface area contributed by atoms with Crippen LogP contribution in [-0.4, -0.2) is 47.1 Å². The summed E-state index contributed by atoms with van der Waals surface area (Å²) in [4.78, 5) is 42.2. The van der Waals surface area contributed by atoms with Gasteiger partial charge in [0.25, 0.3) is 11.1 Å². The second-order valence-electron chi connectivity index (χ2n) is 6.28. The molecule has 0 atom stereocenters. The van der Waals surface area contributed by atoms with E-state index in [1.165, 1.54) is 0 Å². The number of nitrogens with zero attached hydrogens (tertiary/aromatic N) is 2. The highest BCUT2D eigenvalue weighted by atomic mass is 32.2. The van der Waals surface area contributed by atoms with Crippen LogP contribution in [0.1, 0.15) is 17.5 Å². The Labute approximate surface area is 173 Å². The zero-order valence-electron chi connectivity index (χ0n) is 16.0. The summed E-state index contributed by atoms with van der Waals surface area (Å²) in [5, 5.41) is 2.42. The van der Waals surface area contributed by atoms with Crippen molar-refractivity contribution in [2.75, 3.05) is 20.2 Å². The number of para-hydroxylation sites is 1. The average molecular weight is 411 g/mol. The van der Waals surface area contributed by atoms with E-state index >= 15 is 0 Å². The Hall–Kier alpha value is -3.13. The second-order valence-corrected chi connectivity index (χ2v) is 7.27. The average Bonchev–Trinajstić information content (AvgIpc) is 3.00. The van der Waals surface area contributed by atoms with Gasteiger partial charge in [0.05, 0.1) is 12.0 Å². The topological polar surface area (TPSA) is 88.6 Å². The smallest absolute Gasteiger partial charge is 0.293 e. The fraction of sp³-hybridized carbons (Fsp3) is 0.238. The van der Waals surface area contributed by atoms with Gasteiger partial charge in [-0.3, -0.25) is 24.3 Å². The lowest BCUT2D eigenvalue weighted by Crippen LogP contribution is -2.37. The van der Waals surface area contributed by atoms with Crippen molar-refractivity contribution in [3.8, 4) is 5.75 Å². The zero-order valence-corrected chi connectivity index (χ0v) is 16.8. The van der Waals surface area contributed by atoms with Gasteiger partial charge in [0, 0.05) is 31.9 Å². The van der Waals surface area contributed by atoms with Gasteiger partial charge in [-0.25, -0.2) is 0 Å². The Morgan fingerprint density at radius 3 is 2.83 bits per heavy atom. The Bertz CT molecular complexity index is 931. The molecule has 2 aromatic rings. The molecular weight excluding hydrogens is 390 g/mol. The van der Waals surface area contributed by atoms with E-state index in [0.29, 0.717) is 17.7 Å². The number of methoxy groups -OCH3 is 1. The number of nitrogens with one attached hydrogen (secondary N) is 1. The number of hydrogen-bond acceptors (Lipinski definition) is 6. The third-order valence-corrected chi connectivity index (χ3v) is 5.23. The van der Waals surface area contributed by atoms with Crippen molar-refractivity contribution in [2.45, 2.75) is 12.8 Å². The Morgan fingerprint density at radius 2 is 2.07 bits per heavy atom. The van der Waals surface area contributed by atoms with Gasteiger partial charge in [-0.15, -0.1) is 0 Å². The molecule has 1 aliphatic heterocycles. The molecule has 1 aliphatic rings. The minimum Gasteiger partial charge on any atom is -0.496 e. The van der Waals surface area contributed by atoms with Gasteiger partial charge in [0.15, 0.2) is 0 Å². The third kappa shape index (κ3) is 5.45. The molecule has 1 aromatic heterocycles. The largest absolute Gasteiger partial charge is 0.496 e. The fourth-order valence-corrected chi connectivity index (χ4v) is 3.72. The van der Waals surface area contributed by atoms with Crippen molar-refractivity contribution in [1.29, 1.82) is 0 Å². The predicted octanol–water partition coefficient (Wildman–Crippen LogP) is 2.88. The molecule has 150 valence electrons. The lowest BCUT2D eigenvalue weighted by atomic mass is 10.1. The molecule has 7 nitrogen and oxygen atoms in total. The summed E-state index contributed by atoms with van der Waals surface area (Å²) in [6.45, 7) is 0.346. The third-order valence-electron chi connectivity index (χ3n) is 4.33. The van der Waals surface area contributed by atoms with Gasteiger partial charge in [0.1, 0.15) is 5.75 Å². The van der Waals surface area contributed by atoms with Crippen LogP contribution in [0.5, 0.6) is 5.75 Å². The van der Waals surface area contributed by atoms with E-state index in [0.717, 1.165) is 33.5 Å². The van der Waals surface area contributed by atoms with Crippen LogP contribution in [0.25, 0.3) is 6.08 Å². The van der Waals surface area contributed by atoms with Gasteiger partial charge >= 0.3 is 0 Å². The summed E-state index contributed by atoms with van der Waals surface area (Å²) in [5.74, 6) is 0.249. The summed E-state index contributed by atoms with van der Waals surface area (Å²) in [5.41, 5.74) is 1.71. The zero-order chi connectivity index (χ0) is 20.6. The SMILES string of the molecule is COc1ccccc1CCC(=O)NCCN1C(=O)SC(=Cc2cccnc2)C1=O. The van der Waals surface area contributed by atoms with Gasteiger partial charge < -0.3 is 10.1 Å². The quantitative estimate of drug-likeness (QED) is 0.672. The summed E-state index contributed by atoms with van der Waals surface area (Å²) in [6, 6.07) is 11.1. The number of carbonyl (C=O) groups is 3. The summed E-state index contributed by atoms with van der Waals surface area (Å²) >= 11 is 0.891. The molecule has 1 saturated heterocycles. The first kappa shape index (κ1) is 20.6. The van der Waals surface area contributed by atoms with E-state index in [9.17, 15) is 14.4 Å². The van der Waals surface area contributed by atoms with Crippen LogP contribution in [0.2, 0.25) is 0 Å². The lowest BCUT2D eigenvalue weighted by molar-refractivity contribution is -0.124. The monoisotopic (exact) mass is 411 g/mol. The molecule has 0 aliphatic carbocycles. The maximum absolute atomic E-state index is 12.4. The van der Waals surface area contributed by atoms with Crippen LogP contribution < -0.4 is 10.1 Å². The minimum atomic E-state index is -0.355. The summed E-state index contributed by atoms with van der Waals surface area (Å²) in [7, 11) is 1.60. The molecule has 1 fully saturated rings. The molecule has 2 heterocycles. The molecule has 1 aromatic carbocycles. The normalized spacial score (nSPS) is 15.1. The Kier molecular flexibility index (Phi) is 7.02. The van der Waals surface area contributed by atoms with Crippen molar-refractivity contribution < 1.29 is 19.1 Å². The van der Waals surface area contributed by atoms with E-state index in [4.69, 9.17) is 4.74 Å². The van der Waals surface area contributed by atoms with Gasteiger partial charge in [-0.05, 0) is 47.5 Å². The standard InChI is InChI=1S/C21H21N3O4S/c1-28-17-7-3-2-6-16(17)8-9-19(25)23-11-12-24-20(26)18(29-21(24)27)13-15-5-4-10-22-14-15/h2-7,10,13-14H,8-9,11-12H2,1H3,(H,23,25). The first-order valence-corrected chi connectivity index (χ1v) is 9.94. The number of aryl methyl sites for hydroxylation is 1. The van der Waals surface area contributed by atoms with E-state index in [2.05, 4.69) is 10.3 Å². The van der Waals surface area contributed by atoms with Crippen LogP contribution in [0.3, 0.4) is 0 Å². The Balaban J connectivity index is 1.47. The predicted molar refractivity (Wildman–Crippen MR) is 111 cm³/mol. The molecular formula is C21H21N3O4S. The second kappa shape index (κ2) is 9.88. The maximum atomic E-state index is 12.4. The van der Waals surface area contributed by atoms with Crippen LogP contribution >= 0.6 is 11.8 Å². The number of rotatable bonds is 8. The molecule has 0 radical (unpaired) electrons. The van der Waals surface area contributed by atoms with Crippen LogP contribution in [-0.2, 0) is 16.0 Å². The lowest BCUT2D eigenvalue weighted by Gasteiger charge is -2.13. The molecule has 1 N–H and O–H groups in total. The number of carbonyl (C=O) groups excluding carboxylic acids is 3. The highest BCUT2D eigenvalue weighted by Gasteiger charge is 2.34. The molecule has 3 amide bonds. The summed E-state index contributed by atoms with van der Waals surface area (Å²) < 4.78 is 5.28. The molecule has 0 spiro atoms. The molecule has 8 heteroatoms. The number of thioether (sulfide) groups is 1. The number of ether oxygens (including phenoxy) is 1. The number of amides is 3. The van der Waals surface area contributed by atoms with Crippen molar-refractivity contribution in [3.63, 3.8) is 0 Å². The van der Waals surface area contributed by atoms with Crippen LogP contribution in [0.15, 0.2) is 53.7 Å². The van der Waals surface area contributed by atoms with E-state index < -0.39 is 0 Å². The van der Waals surface area contributed by atoms with E-state index in [-0.39, 0.29) is 30.1 Å².